The number of fused-ring (bicyclic) bond motifs is 1. The van der Waals surface area contributed by atoms with Gasteiger partial charge in [-0.3, -0.25) is 19.4 Å². The fraction of sp³-hybridized carbons (Fsp3) is 0.214. The van der Waals surface area contributed by atoms with Crippen molar-refractivity contribution in [1.82, 2.24) is 14.8 Å². The number of pyridine rings is 1. The Labute approximate surface area is 211 Å². The molecule has 7 nitrogen and oxygen atoms in total. The van der Waals surface area contributed by atoms with Gasteiger partial charge in [-0.15, -0.1) is 0 Å². The minimum absolute atomic E-state index is 0.0367. The van der Waals surface area contributed by atoms with Crippen molar-refractivity contribution < 1.29 is 13.2 Å². The van der Waals surface area contributed by atoms with Crippen LogP contribution < -0.4 is 4.72 Å². The van der Waals surface area contributed by atoms with Gasteiger partial charge in [0.05, 0.1) is 5.52 Å². The number of nitrogens with zero attached hydrogens (tertiary/aromatic N) is 3. The average Bonchev–Trinajstić information content (AvgIpc) is 2.92. The van der Waals surface area contributed by atoms with Gasteiger partial charge < -0.3 is 4.90 Å². The molecular weight excluding hydrogens is 472 g/mol. The number of hydrogen-bond donors (Lipinski definition) is 1. The van der Waals surface area contributed by atoms with Crippen LogP contribution in [-0.2, 0) is 16.4 Å². The molecule has 3 aromatic carbocycles. The summed E-state index contributed by atoms with van der Waals surface area (Å²) >= 11 is 0. The summed E-state index contributed by atoms with van der Waals surface area (Å²) in [7, 11) is -3.84. The Hall–Kier alpha value is -3.75. The van der Waals surface area contributed by atoms with E-state index in [1.807, 2.05) is 23.1 Å². The number of carbonyl (C=O) groups excluding carboxylic acids is 1. The summed E-state index contributed by atoms with van der Waals surface area (Å²) in [6.07, 6.45) is 2.58. The molecule has 1 fully saturated rings. The highest BCUT2D eigenvalue weighted by Crippen LogP contribution is 2.23. The van der Waals surface area contributed by atoms with Gasteiger partial charge in [0.1, 0.15) is 4.90 Å². The second-order valence-corrected chi connectivity index (χ2v) is 10.5. The Kier molecular flexibility index (Phi) is 6.97. The van der Waals surface area contributed by atoms with Crippen molar-refractivity contribution in [3.8, 4) is 0 Å². The van der Waals surface area contributed by atoms with Gasteiger partial charge in [0.2, 0.25) is 0 Å². The third-order valence-electron chi connectivity index (χ3n) is 6.49. The molecule has 36 heavy (non-hydrogen) atoms. The number of para-hydroxylation sites is 1. The minimum Gasteiger partial charge on any atom is -0.336 e. The third kappa shape index (κ3) is 5.40. The van der Waals surface area contributed by atoms with E-state index in [1.165, 1.54) is 11.6 Å². The van der Waals surface area contributed by atoms with Crippen LogP contribution in [0.1, 0.15) is 15.9 Å². The number of anilines is 1. The van der Waals surface area contributed by atoms with E-state index in [0.717, 1.165) is 31.4 Å². The normalized spacial score (nSPS) is 14.6. The minimum atomic E-state index is -3.84. The Bertz CT molecular complexity index is 1440. The number of piperazine rings is 1. The lowest BCUT2D eigenvalue weighted by molar-refractivity contribution is 0.0638. The molecule has 1 amide bonds. The average molecular weight is 501 g/mol. The first-order valence-electron chi connectivity index (χ1n) is 12.0. The van der Waals surface area contributed by atoms with Crippen molar-refractivity contribution in [2.24, 2.45) is 0 Å². The molecule has 8 heteroatoms. The van der Waals surface area contributed by atoms with Crippen molar-refractivity contribution in [3.63, 3.8) is 0 Å². The number of aromatic nitrogens is 1. The number of amides is 1. The molecule has 5 rings (SSSR count). The molecule has 1 aliphatic heterocycles. The van der Waals surface area contributed by atoms with Gasteiger partial charge in [-0.2, -0.15) is 0 Å². The summed E-state index contributed by atoms with van der Waals surface area (Å²) in [5.41, 5.74) is 2.68. The van der Waals surface area contributed by atoms with E-state index < -0.39 is 10.0 Å². The topological polar surface area (TPSA) is 82.6 Å². The molecule has 1 aliphatic rings. The molecule has 2 heterocycles. The molecule has 0 atom stereocenters. The van der Waals surface area contributed by atoms with E-state index in [-0.39, 0.29) is 10.8 Å². The lowest BCUT2D eigenvalue weighted by Crippen LogP contribution is -2.49. The van der Waals surface area contributed by atoms with E-state index in [0.29, 0.717) is 29.9 Å². The van der Waals surface area contributed by atoms with E-state index in [2.05, 4.69) is 38.9 Å². The maximum Gasteiger partial charge on any atom is 0.264 e. The van der Waals surface area contributed by atoms with Gasteiger partial charge in [0.25, 0.3) is 15.9 Å². The van der Waals surface area contributed by atoms with Crippen LogP contribution in [0, 0.1) is 0 Å². The summed E-state index contributed by atoms with van der Waals surface area (Å²) in [5.74, 6) is -0.0367. The van der Waals surface area contributed by atoms with E-state index in [9.17, 15) is 13.2 Å². The molecule has 0 aliphatic carbocycles. The second-order valence-electron chi connectivity index (χ2n) is 8.88. The molecule has 4 aromatic rings. The zero-order valence-electron chi connectivity index (χ0n) is 19.9. The summed E-state index contributed by atoms with van der Waals surface area (Å²) < 4.78 is 28.7. The predicted molar refractivity (Wildman–Crippen MR) is 141 cm³/mol. The fourth-order valence-corrected chi connectivity index (χ4v) is 5.71. The maximum absolute atomic E-state index is 13.0. The summed E-state index contributed by atoms with van der Waals surface area (Å²) in [6.45, 7) is 4.02. The van der Waals surface area contributed by atoms with E-state index >= 15 is 0 Å². The third-order valence-corrected chi connectivity index (χ3v) is 7.90. The van der Waals surface area contributed by atoms with E-state index in [1.54, 1.807) is 42.6 Å². The number of carbonyl (C=O) groups is 1. The Balaban J connectivity index is 1.19. The predicted octanol–water partition coefficient (Wildman–Crippen LogP) is 4.04. The lowest BCUT2D eigenvalue weighted by Gasteiger charge is -2.34. The Morgan fingerprint density at radius 2 is 1.56 bits per heavy atom. The molecule has 1 aromatic heterocycles. The van der Waals surface area contributed by atoms with Gasteiger partial charge >= 0.3 is 0 Å². The van der Waals surface area contributed by atoms with Crippen molar-refractivity contribution in [2.45, 2.75) is 11.3 Å². The van der Waals surface area contributed by atoms with Crippen LogP contribution in [0.3, 0.4) is 0 Å². The molecule has 0 saturated carbocycles. The fourth-order valence-electron chi connectivity index (χ4n) is 4.47. The van der Waals surface area contributed by atoms with Crippen LogP contribution in [0.2, 0.25) is 0 Å². The van der Waals surface area contributed by atoms with E-state index in [4.69, 9.17) is 0 Å². The Morgan fingerprint density at radius 1 is 0.833 bits per heavy atom. The highest BCUT2D eigenvalue weighted by atomic mass is 32.2. The van der Waals surface area contributed by atoms with Crippen LogP contribution in [0.15, 0.2) is 96.0 Å². The van der Waals surface area contributed by atoms with Crippen LogP contribution in [0.4, 0.5) is 5.69 Å². The molecule has 0 spiro atoms. The van der Waals surface area contributed by atoms with Crippen molar-refractivity contribution in [3.05, 3.63) is 102 Å². The van der Waals surface area contributed by atoms with Crippen LogP contribution >= 0.6 is 0 Å². The molecule has 0 bridgehead atoms. The maximum atomic E-state index is 13.0. The van der Waals surface area contributed by atoms with Gasteiger partial charge in [-0.05, 0) is 48.4 Å². The zero-order chi connectivity index (χ0) is 25.0. The van der Waals surface area contributed by atoms with Crippen LogP contribution in [-0.4, -0.2) is 61.8 Å². The first kappa shape index (κ1) is 24.0. The van der Waals surface area contributed by atoms with Crippen molar-refractivity contribution in [2.75, 3.05) is 37.4 Å². The highest BCUT2D eigenvalue weighted by Gasteiger charge is 2.23. The first-order chi connectivity index (χ1) is 17.5. The Morgan fingerprint density at radius 3 is 2.31 bits per heavy atom. The summed E-state index contributed by atoms with van der Waals surface area (Å²) in [6, 6.07) is 25.7. The van der Waals surface area contributed by atoms with Gasteiger partial charge in [0.15, 0.2) is 0 Å². The molecule has 184 valence electrons. The quantitative estimate of drug-likeness (QED) is 0.414. The zero-order valence-corrected chi connectivity index (χ0v) is 20.7. The molecule has 0 unspecified atom stereocenters. The van der Waals surface area contributed by atoms with Gasteiger partial charge in [-0.25, -0.2) is 8.42 Å². The number of nitrogens with one attached hydrogen (secondary N) is 1. The standard InChI is InChI=1S/C28H28N4O3S/c33-28(32-20-18-31(19-21-32)17-15-22-6-2-1-3-7-22)24-11-13-25(14-12-24)30-36(34,35)26-10-4-8-23-9-5-16-29-27(23)26/h1-14,16,30H,15,17-21H2. The summed E-state index contributed by atoms with van der Waals surface area (Å²) in [4.78, 5) is 21.6. The smallest absolute Gasteiger partial charge is 0.264 e. The van der Waals surface area contributed by atoms with Gasteiger partial charge in [-0.1, -0.05) is 48.5 Å². The van der Waals surface area contributed by atoms with Crippen LogP contribution in [0.25, 0.3) is 10.9 Å². The monoisotopic (exact) mass is 500 g/mol. The first-order valence-corrected chi connectivity index (χ1v) is 13.5. The SMILES string of the molecule is O=C(c1ccc(NS(=O)(=O)c2cccc3cccnc23)cc1)N1CCN(CCc2ccccc2)CC1. The molecule has 1 N–H and O–H groups in total. The lowest BCUT2D eigenvalue weighted by atomic mass is 10.1. The summed E-state index contributed by atoms with van der Waals surface area (Å²) in [5, 5.41) is 0.751. The van der Waals surface area contributed by atoms with Gasteiger partial charge in [0, 0.05) is 55.6 Å². The molecule has 1 saturated heterocycles. The highest BCUT2D eigenvalue weighted by molar-refractivity contribution is 7.93. The largest absolute Gasteiger partial charge is 0.336 e. The number of benzene rings is 3. The number of sulfonamides is 1. The number of hydrogen-bond acceptors (Lipinski definition) is 5. The second kappa shape index (κ2) is 10.5. The molecule has 0 radical (unpaired) electrons. The van der Waals surface area contributed by atoms with Crippen molar-refractivity contribution >= 4 is 32.5 Å². The number of rotatable bonds is 7. The van der Waals surface area contributed by atoms with Crippen molar-refractivity contribution in [1.29, 1.82) is 0 Å². The van der Waals surface area contributed by atoms with Crippen LogP contribution in [0.5, 0.6) is 0 Å². The molecular formula is C28H28N4O3S.